The minimum absolute atomic E-state index is 0.0898. The number of nitrogens with zero attached hydrogens (tertiary/aromatic N) is 2. The van der Waals surface area contributed by atoms with E-state index in [1.54, 1.807) is 0 Å². The van der Waals surface area contributed by atoms with Crippen LogP contribution in [0.4, 0.5) is 5.69 Å². The molecule has 1 heterocycles. The number of amides is 1. The number of hydrogen-bond acceptors (Lipinski definition) is 5. The quantitative estimate of drug-likeness (QED) is 0.284. The van der Waals surface area contributed by atoms with Crippen LogP contribution in [0.2, 0.25) is 0 Å². The molecule has 2 aromatic carbocycles. The number of carbonyl (C=O) groups excluding carboxylic acids is 1. The number of carbonyl (C=O) groups is 1. The molecule has 188 valence electrons. The van der Waals surface area contributed by atoms with Crippen molar-refractivity contribution in [2.45, 2.75) is 52.5 Å². The number of rotatable bonds is 9. The summed E-state index contributed by atoms with van der Waals surface area (Å²) in [6, 6.07) is 15.5. The molecular weight excluding hydrogens is 434 g/mol. The summed E-state index contributed by atoms with van der Waals surface area (Å²) in [6.07, 6.45) is 4.67. The monoisotopic (exact) mass is 475 g/mol. The third kappa shape index (κ3) is 6.13. The fourth-order valence-corrected chi connectivity index (χ4v) is 5.15. The first-order chi connectivity index (χ1) is 16.8. The Balaban J connectivity index is 1.64. The Kier molecular flexibility index (Phi) is 7.95. The summed E-state index contributed by atoms with van der Waals surface area (Å²) in [4.78, 5) is 18.1. The summed E-state index contributed by atoms with van der Waals surface area (Å²) < 4.78 is 0. The zero-order valence-corrected chi connectivity index (χ0v) is 21.8. The van der Waals surface area contributed by atoms with E-state index in [1.807, 2.05) is 19.1 Å². The van der Waals surface area contributed by atoms with Crippen molar-refractivity contribution < 1.29 is 4.79 Å². The molecular formula is C29H41N5O. The summed E-state index contributed by atoms with van der Waals surface area (Å²) >= 11 is 0. The largest absolute Gasteiger partial charge is 0.354 e. The Labute approximate surface area is 210 Å². The summed E-state index contributed by atoms with van der Waals surface area (Å²) in [5.41, 5.74) is 9.74. The highest BCUT2D eigenvalue weighted by Gasteiger charge is 2.37. The third-order valence-corrected chi connectivity index (χ3v) is 7.33. The fraction of sp³-hybridized carbons (Fsp3) is 0.483. The van der Waals surface area contributed by atoms with Crippen LogP contribution in [0.1, 0.15) is 54.9 Å². The van der Waals surface area contributed by atoms with E-state index in [2.05, 4.69) is 84.8 Å². The third-order valence-electron chi connectivity index (χ3n) is 7.33. The van der Waals surface area contributed by atoms with Crippen molar-refractivity contribution in [3.8, 4) is 0 Å². The van der Waals surface area contributed by atoms with Crippen LogP contribution in [0.15, 0.2) is 48.5 Å². The lowest BCUT2D eigenvalue weighted by Crippen LogP contribution is -2.38. The van der Waals surface area contributed by atoms with Gasteiger partial charge >= 0.3 is 0 Å². The Morgan fingerprint density at radius 1 is 1.14 bits per heavy atom. The topological polar surface area (TPSA) is 73.6 Å². The van der Waals surface area contributed by atoms with Crippen molar-refractivity contribution in [3.05, 3.63) is 70.8 Å². The Morgan fingerprint density at radius 2 is 1.86 bits per heavy atom. The first-order valence-electron chi connectivity index (χ1n) is 12.9. The van der Waals surface area contributed by atoms with E-state index in [-0.39, 0.29) is 17.7 Å². The summed E-state index contributed by atoms with van der Waals surface area (Å²) in [6.45, 7) is 10.7. The number of anilines is 1. The van der Waals surface area contributed by atoms with Crippen LogP contribution < -0.4 is 16.6 Å². The lowest BCUT2D eigenvalue weighted by molar-refractivity contribution is -0.120. The van der Waals surface area contributed by atoms with Crippen LogP contribution in [0, 0.1) is 25.7 Å². The molecule has 2 aromatic rings. The number of aryl methyl sites for hydroxylation is 2. The van der Waals surface area contributed by atoms with Crippen molar-refractivity contribution in [2.24, 2.45) is 17.7 Å². The van der Waals surface area contributed by atoms with Gasteiger partial charge in [0.15, 0.2) is 0 Å². The van der Waals surface area contributed by atoms with Crippen molar-refractivity contribution in [1.29, 1.82) is 0 Å². The van der Waals surface area contributed by atoms with Crippen molar-refractivity contribution in [2.75, 3.05) is 32.1 Å². The number of benzene rings is 2. The highest BCUT2D eigenvalue weighted by Crippen LogP contribution is 2.36. The van der Waals surface area contributed by atoms with E-state index in [1.165, 1.54) is 35.2 Å². The normalized spacial score (nSPS) is 20.9. The SMILES string of the molecule is Cc1ccc(NC(=O)C2CN(C)C[C@@H]2/C=C(/c2ccc(C(C)C)cc2)N(CNN)C2CC2)c(C)c1. The molecule has 1 unspecified atom stereocenters. The molecule has 2 atom stereocenters. The van der Waals surface area contributed by atoms with Gasteiger partial charge in [-0.2, -0.15) is 0 Å². The van der Waals surface area contributed by atoms with Gasteiger partial charge in [-0.15, -0.1) is 0 Å². The van der Waals surface area contributed by atoms with Crippen LogP contribution in [0.3, 0.4) is 0 Å². The first kappa shape index (κ1) is 25.4. The first-order valence-corrected chi connectivity index (χ1v) is 12.9. The lowest BCUT2D eigenvalue weighted by atomic mass is 9.92. The number of hydrazine groups is 1. The number of nitrogens with two attached hydrogens (primary N) is 1. The molecule has 35 heavy (non-hydrogen) atoms. The molecule has 4 N–H and O–H groups in total. The predicted octanol–water partition coefficient (Wildman–Crippen LogP) is 4.47. The molecule has 2 aliphatic rings. The van der Waals surface area contributed by atoms with E-state index >= 15 is 0 Å². The molecule has 1 aliphatic carbocycles. The van der Waals surface area contributed by atoms with Gasteiger partial charge in [-0.3, -0.25) is 10.6 Å². The molecule has 6 heteroatoms. The van der Waals surface area contributed by atoms with Crippen LogP contribution in [0.25, 0.3) is 5.70 Å². The second kappa shape index (κ2) is 10.9. The lowest BCUT2D eigenvalue weighted by Gasteiger charge is -2.29. The fourth-order valence-electron chi connectivity index (χ4n) is 5.15. The molecule has 1 amide bonds. The molecule has 1 aliphatic heterocycles. The average Bonchev–Trinajstić information content (AvgIpc) is 3.60. The van der Waals surface area contributed by atoms with Crippen LogP contribution in [-0.4, -0.2) is 48.6 Å². The van der Waals surface area contributed by atoms with Gasteiger partial charge in [0.1, 0.15) is 0 Å². The average molecular weight is 476 g/mol. The van der Waals surface area contributed by atoms with E-state index in [0.29, 0.717) is 18.6 Å². The molecule has 1 saturated carbocycles. The summed E-state index contributed by atoms with van der Waals surface area (Å²) in [7, 11) is 2.10. The molecule has 6 nitrogen and oxygen atoms in total. The molecule has 4 rings (SSSR count). The smallest absolute Gasteiger partial charge is 0.229 e. The van der Waals surface area contributed by atoms with E-state index in [0.717, 1.165) is 24.3 Å². The van der Waals surface area contributed by atoms with E-state index in [9.17, 15) is 4.79 Å². The summed E-state index contributed by atoms with van der Waals surface area (Å²) in [5.74, 6) is 6.38. The van der Waals surface area contributed by atoms with E-state index in [4.69, 9.17) is 5.84 Å². The van der Waals surface area contributed by atoms with Crippen LogP contribution in [-0.2, 0) is 4.79 Å². The molecule has 0 bridgehead atoms. The molecule has 0 aromatic heterocycles. The van der Waals surface area contributed by atoms with Crippen molar-refractivity contribution >= 4 is 17.3 Å². The van der Waals surface area contributed by atoms with Gasteiger partial charge in [-0.05, 0) is 62.4 Å². The van der Waals surface area contributed by atoms with Gasteiger partial charge in [-0.1, -0.05) is 61.9 Å². The highest BCUT2D eigenvalue weighted by molar-refractivity contribution is 5.94. The Bertz CT molecular complexity index is 1060. The zero-order valence-electron chi connectivity index (χ0n) is 21.8. The van der Waals surface area contributed by atoms with Gasteiger partial charge in [0.25, 0.3) is 0 Å². The minimum atomic E-state index is -0.113. The Hall–Kier alpha value is -2.67. The second-order valence-electron chi connectivity index (χ2n) is 10.7. The standard InChI is InChI=1S/C29H41N5O/c1-19(2)22-7-9-23(10-8-22)28(34(18-31-30)25-11-12-25)15-24-16-33(5)17-26(24)29(35)32-27-13-6-20(3)14-21(27)4/h6-10,13-15,19,24-26,31H,11-12,16-18,30H2,1-5H3,(H,32,35)/b28-15-/t24-,26?/m0/s1. The van der Waals surface area contributed by atoms with Crippen LogP contribution >= 0.6 is 0 Å². The zero-order chi connectivity index (χ0) is 25.1. The predicted molar refractivity (Wildman–Crippen MR) is 145 cm³/mol. The maximum absolute atomic E-state index is 13.5. The van der Waals surface area contributed by atoms with Gasteiger partial charge in [0.05, 0.1) is 12.6 Å². The molecule has 0 spiro atoms. The van der Waals surface area contributed by atoms with Gasteiger partial charge < -0.3 is 15.1 Å². The number of likely N-dealkylation sites (tertiary alicyclic amines) is 1. The molecule has 0 radical (unpaired) electrons. The van der Waals surface area contributed by atoms with E-state index < -0.39 is 0 Å². The maximum Gasteiger partial charge on any atom is 0.229 e. The maximum atomic E-state index is 13.5. The van der Waals surface area contributed by atoms with Crippen molar-refractivity contribution in [3.63, 3.8) is 0 Å². The Morgan fingerprint density at radius 3 is 2.46 bits per heavy atom. The summed E-state index contributed by atoms with van der Waals surface area (Å²) in [5, 5.41) is 3.21. The second-order valence-corrected chi connectivity index (χ2v) is 10.7. The molecule has 1 saturated heterocycles. The van der Waals surface area contributed by atoms with Crippen molar-refractivity contribution in [1.82, 2.24) is 15.2 Å². The van der Waals surface area contributed by atoms with Crippen LogP contribution in [0.5, 0.6) is 0 Å². The molecule has 2 fully saturated rings. The number of nitrogens with one attached hydrogen (secondary N) is 2. The van der Waals surface area contributed by atoms with Gasteiger partial charge in [0, 0.05) is 36.4 Å². The van der Waals surface area contributed by atoms with Gasteiger partial charge in [-0.25, -0.2) is 5.43 Å². The minimum Gasteiger partial charge on any atom is -0.354 e. The van der Waals surface area contributed by atoms with Gasteiger partial charge in [0.2, 0.25) is 5.91 Å². The highest BCUT2D eigenvalue weighted by atomic mass is 16.2. The number of hydrogen-bond donors (Lipinski definition) is 3.